The first-order valence-electron chi connectivity index (χ1n) is 11.3. The summed E-state index contributed by atoms with van der Waals surface area (Å²) in [7, 11) is 1.79. The second-order valence-corrected chi connectivity index (χ2v) is 9.51. The molecule has 162 valence electrons. The molecule has 4 heterocycles. The number of ether oxygens (including phenoxy) is 1. The molecule has 3 aliphatic heterocycles. The number of nitrogens with zero attached hydrogens (tertiary/aromatic N) is 3. The molecule has 7 nitrogen and oxygen atoms in total. The van der Waals surface area contributed by atoms with Crippen molar-refractivity contribution >= 4 is 11.8 Å². The molecule has 5 rings (SSSR count). The normalized spacial score (nSPS) is 33.2. The molecule has 30 heavy (non-hydrogen) atoms. The van der Waals surface area contributed by atoms with E-state index in [1.54, 1.807) is 11.9 Å². The van der Waals surface area contributed by atoms with E-state index in [0.29, 0.717) is 13.1 Å². The quantitative estimate of drug-likeness (QED) is 0.560. The van der Waals surface area contributed by atoms with Crippen molar-refractivity contribution in [2.24, 2.45) is 11.8 Å². The summed E-state index contributed by atoms with van der Waals surface area (Å²) in [5, 5.41) is 3.99. The summed E-state index contributed by atoms with van der Waals surface area (Å²) in [6.45, 7) is 4.75. The SMILES string of the molecule is Cc1noc(C)c1CN(C)C(=O)[C@H]1[C@@H]2C=C[C@@]3(CN(C4CCCCCC4)C(=O)[C@H]13)O2. The number of carbonyl (C=O) groups excluding carboxylic acids is 2. The van der Waals surface area contributed by atoms with Gasteiger partial charge in [0, 0.05) is 18.7 Å². The van der Waals surface area contributed by atoms with Crippen LogP contribution < -0.4 is 0 Å². The van der Waals surface area contributed by atoms with Gasteiger partial charge < -0.3 is 19.1 Å². The third kappa shape index (κ3) is 2.93. The van der Waals surface area contributed by atoms with Crippen molar-refractivity contribution in [1.82, 2.24) is 15.0 Å². The average Bonchev–Trinajstić information content (AvgIpc) is 3.38. The van der Waals surface area contributed by atoms with Crippen LogP contribution in [0.1, 0.15) is 55.5 Å². The van der Waals surface area contributed by atoms with Gasteiger partial charge in [-0.25, -0.2) is 0 Å². The van der Waals surface area contributed by atoms with E-state index in [0.717, 1.165) is 29.9 Å². The molecular formula is C23H31N3O4. The number of aromatic nitrogens is 1. The Morgan fingerprint density at radius 1 is 1.27 bits per heavy atom. The minimum Gasteiger partial charge on any atom is -0.361 e. The molecule has 1 aromatic heterocycles. The molecule has 1 spiro atoms. The smallest absolute Gasteiger partial charge is 0.230 e. The fraction of sp³-hybridized carbons (Fsp3) is 0.696. The van der Waals surface area contributed by atoms with Gasteiger partial charge in [0.1, 0.15) is 11.4 Å². The fourth-order valence-electron chi connectivity index (χ4n) is 5.99. The Morgan fingerprint density at radius 3 is 2.67 bits per heavy atom. The van der Waals surface area contributed by atoms with Crippen LogP contribution in [0.25, 0.3) is 0 Å². The predicted molar refractivity (Wildman–Crippen MR) is 109 cm³/mol. The van der Waals surface area contributed by atoms with Gasteiger partial charge in [-0.2, -0.15) is 0 Å². The lowest BCUT2D eigenvalue weighted by Gasteiger charge is -2.30. The number of hydrogen-bond donors (Lipinski definition) is 0. The van der Waals surface area contributed by atoms with E-state index >= 15 is 0 Å². The van der Waals surface area contributed by atoms with Gasteiger partial charge in [0.15, 0.2) is 0 Å². The molecule has 1 aromatic rings. The molecule has 1 saturated carbocycles. The van der Waals surface area contributed by atoms with Gasteiger partial charge >= 0.3 is 0 Å². The Kier molecular flexibility index (Phi) is 4.76. The molecule has 4 atom stereocenters. The zero-order valence-electron chi connectivity index (χ0n) is 18.1. The van der Waals surface area contributed by atoms with Gasteiger partial charge in [-0.1, -0.05) is 43.0 Å². The van der Waals surface area contributed by atoms with Crippen LogP contribution in [-0.2, 0) is 20.9 Å². The monoisotopic (exact) mass is 413 g/mol. The molecule has 0 aromatic carbocycles. The summed E-state index contributed by atoms with van der Waals surface area (Å²) in [5.41, 5.74) is 1.10. The largest absolute Gasteiger partial charge is 0.361 e. The molecule has 7 heteroatoms. The van der Waals surface area contributed by atoms with Crippen molar-refractivity contribution in [3.05, 3.63) is 29.2 Å². The Bertz CT molecular complexity index is 866. The number of rotatable bonds is 4. The lowest BCUT2D eigenvalue weighted by molar-refractivity contribution is -0.143. The van der Waals surface area contributed by atoms with Crippen molar-refractivity contribution in [2.75, 3.05) is 13.6 Å². The van der Waals surface area contributed by atoms with Crippen molar-refractivity contribution in [3.63, 3.8) is 0 Å². The van der Waals surface area contributed by atoms with Gasteiger partial charge in [-0.05, 0) is 26.7 Å². The molecule has 4 aliphatic rings. The van der Waals surface area contributed by atoms with Crippen LogP contribution in [0.3, 0.4) is 0 Å². The molecule has 0 radical (unpaired) electrons. The highest BCUT2D eigenvalue weighted by Crippen LogP contribution is 2.53. The van der Waals surface area contributed by atoms with E-state index in [4.69, 9.17) is 9.26 Å². The Balaban J connectivity index is 1.37. The maximum atomic E-state index is 13.6. The summed E-state index contributed by atoms with van der Waals surface area (Å²) in [4.78, 5) is 30.8. The molecule has 1 aliphatic carbocycles. The highest BCUT2D eigenvalue weighted by Gasteiger charge is 2.67. The maximum absolute atomic E-state index is 13.6. The zero-order chi connectivity index (χ0) is 21.0. The predicted octanol–water partition coefficient (Wildman–Crippen LogP) is 2.75. The number of likely N-dealkylation sites (tertiary alicyclic amines) is 1. The van der Waals surface area contributed by atoms with Crippen molar-refractivity contribution in [2.45, 2.75) is 76.7 Å². The standard InChI is InChI=1S/C23H31N3O4/c1-14-17(15(2)30-24-14)12-25(3)21(27)19-18-10-11-23(29-18)13-26(22(28)20(19)23)16-8-6-4-5-7-9-16/h10-11,16,18-20H,4-9,12-13H2,1-3H3/t18-,19-,20-,23-/m0/s1. The van der Waals surface area contributed by atoms with Crippen LogP contribution in [0.15, 0.2) is 16.7 Å². The lowest BCUT2D eigenvalue weighted by Crippen LogP contribution is -2.45. The first-order valence-corrected chi connectivity index (χ1v) is 11.3. The van der Waals surface area contributed by atoms with Crippen molar-refractivity contribution in [1.29, 1.82) is 0 Å². The van der Waals surface area contributed by atoms with Crippen LogP contribution in [0.4, 0.5) is 0 Å². The van der Waals surface area contributed by atoms with E-state index in [1.807, 2.05) is 24.8 Å². The maximum Gasteiger partial charge on any atom is 0.230 e. The molecule has 2 amide bonds. The molecule has 3 fully saturated rings. The van der Waals surface area contributed by atoms with Gasteiger partial charge in [0.25, 0.3) is 0 Å². The summed E-state index contributed by atoms with van der Waals surface area (Å²) >= 11 is 0. The number of carbonyl (C=O) groups is 2. The molecule has 2 saturated heterocycles. The van der Waals surface area contributed by atoms with Crippen LogP contribution in [0.5, 0.6) is 0 Å². The molecule has 0 N–H and O–H groups in total. The average molecular weight is 414 g/mol. The van der Waals surface area contributed by atoms with Crippen molar-refractivity contribution < 1.29 is 18.8 Å². The third-order valence-corrected chi connectivity index (χ3v) is 7.63. The Labute approximate surface area is 177 Å². The first-order chi connectivity index (χ1) is 14.4. The minimum atomic E-state index is -0.627. The van der Waals surface area contributed by atoms with Crippen LogP contribution in [-0.4, -0.2) is 58.1 Å². The number of aryl methyl sites for hydroxylation is 2. The van der Waals surface area contributed by atoms with Crippen LogP contribution >= 0.6 is 0 Å². The summed E-state index contributed by atoms with van der Waals surface area (Å²) < 4.78 is 11.6. The molecule has 0 unspecified atom stereocenters. The highest BCUT2D eigenvalue weighted by molar-refractivity contribution is 5.93. The van der Waals surface area contributed by atoms with Gasteiger partial charge in [-0.15, -0.1) is 0 Å². The highest BCUT2D eigenvalue weighted by atomic mass is 16.5. The van der Waals surface area contributed by atoms with Gasteiger partial charge in [0.05, 0.1) is 36.7 Å². The van der Waals surface area contributed by atoms with Crippen molar-refractivity contribution in [3.8, 4) is 0 Å². The van der Waals surface area contributed by atoms with E-state index in [2.05, 4.69) is 11.2 Å². The summed E-state index contributed by atoms with van der Waals surface area (Å²) in [5.74, 6) is -0.0616. The zero-order valence-corrected chi connectivity index (χ0v) is 18.1. The number of amides is 2. The van der Waals surface area contributed by atoms with Gasteiger partial charge in [-0.3, -0.25) is 9.59 Å². The molecular weight excluding hydrogens is 382 g/mol. The fourth-order valence-corrected chi connectivity index (χ4v) is 5.99. The Hall–Kier alpha value is -2.15. The number of fused-ring (bicyclic) bond motifs is 1. The summed E-state index contributed by atoms with van der Waals surface area (Å²) in [6, 6.07) is 0.284. The number of hydrogen-bond acceptors (Lipinski definition) is 5. The van der Waals surface area contributed by atoms with E-state index in [9.17, 15) is 9.59 Å². The van der Waals surface area contributed by atoms with E-state index < -0.39 is 17.4 Å². The second kappa shape index (κ2) is 7.22. The topological polar surface area (TPSA) is 75.9 Å². The second-order valence-electron chi connectivity index (χ2n) is 9.51. The first kappa shape index (κ1) is 19.8. The third-order valence-electron chi connectivity index (χ3n) is 7.63. The molecule has 2 bridgehead atoms. The van der Waals surface area contributed by atoms with Crippen LogP contribution in [0.2, 0.25) is 0 Å². The van der Waals surface area contributed by atoms with E-state index in [1.165, 1.54) is 25.7 Å². The Morgan fingerprint density at radius 2 is 2.00 bits per heavy atom. The lowest BCUT2D eigenvalue weighted by atomic mass is 9.76. The van der Waals surface area contributed by atoms with Crippen LogP contribution in [0, 0.1) is 25.7 Å². The summed E-state index contributed by atoms with van der Waals surface area (Å²) in [6.07, 6.45) is 10.7. The van der Waals surface area contributed by atoms with E-state index in [-0.39, 0.29) is 24.0 Å². The van der Waals surface area contributed by atoms with Gasteiger partial charge in [0.2, 0.25) is 11.8 Å². The minimum absolute atomic E-state index is 0.0349.